The molecule has 5 rings (SSSR count). The Morgan fingerprint density at radius 3 is 1.21 bits per heavy atom. The molecule has 258 valence electrons. The lowest BCUT2D eigenvalue weighted by molar-refractivity contribution is 0.796. The fourth-order valence-corrected chi connectivity index (χ4v) is 8.09. The van der Waals surface area contributed by atoms with E-state index in [2.05, 4.69) is 91.3 Å². The molecule has 2 aliphatic heterocycles. The maximum Gasteiger partial charge on any atom is 0.0723 e. The summed E-state index contributed by atoms with van der Waals surface area (Å²) < 4.78 is 0. The second-order valence-corrected chi connectivity index (χ2v) is 14.3. The third-order valence-electron chi connectivity index (χ3n) is 11.1. The maximum atomic E-state index is 5.53. The number of nitrogens with zero attached hydrogens (tertiary/aromatic N) is 2. The van der Waals surface area contributed by atoms with Crippen molar-refractivity contribution in [2.24, 2.45) is 0 Å². The third-order valence-corrected chi connectivity index (χ3v) is 11.1. The summed E-state index contributed by atoms with van der Waals surface area (Å²) >= 11 is 0. The molecule has 3 aromatic rings. The molecule has 2 N–H and O–H groups in total. The fourth-order valence-electron chi connectivity index (χ4n) is 8.09. The second kappa shape index (κ2) is 15.9. The third kappa shape index (κ3) is 6.74. The number of aromatic nitrogens is 4. The Labute approximate surface area is 291 Å². The zero-order chi connectivity index (χ0) is 34.5. The highest BCUT2D eigenvalue weighted by Gasteiger charge is 2.25. The van der Waals surface area contributed by atoms with Gasteiger partial charge in [0.25, 0.3) is 0 Å². The van der Waals surface area contributed by atoms with Crippen molar-refractivity contribution < 1.29 is 0 Å². The number of allylic oxidation sites excluding steroid dienone is 4. The SMILES string of the molecule is CCCCC1=C(C)c2nc1cc1[nH]c(c(C)c1CCCC)c(CC)c1[nH]c(cc3nc(c2CC)C(C)=C3CCCC)c(CCCC)c1C. The van der Waals surface area contributed by atoms with Gasteiger partial charge in [0.2, 0.25) is 0 Å². The predicted octanol–water partition coefficient (Wildman–Crippen LogP) is 13.0. The van der Waals surface area contributed by atoms with Gasteiger partial charge in [-0.25, -0.2) is 9.97 Å². The van der Waals surface area contributed by atoms with Crippen LogP contribution < -0.4 is 0 Å². The van der Waals surface area contributed by atoms with Crippen LogP contribution in [0.1, 0.15) is 176 Å². The van der Waals surface area contributed by atoms with E-state index in [0.29, 0.717) is 0 Å². The Morgan fingerprint density at radius 2 is 0.854 bits per heavy atom. The maximum absolute atomic E-state index is 5.53. The summed E-state index contributed by atoms with van der Waals surface area (Å²) in [6, 6.07) is 4.79. The van der Waals surface area contributed by atoms with Gasteiger partial charge < -0.3 is 9.97 Å². The van der Waals surface area contributed by atoms with Crippen molar-refractivity contribution in [3.05, 3.63) is 68.3 Å². The first-order chi connectivity index (χ1) is 23.2. The van der Waals surface area contributed by atoms with E-state index in [9.17, 15) is 0 Å². The Bertz CT molecular complexity index is 1740. The van der Waals surface area contributed by atoms with Gasteiger partial charge in [-0.05, 0) is 154 Å². The van der Waals surface area contributed by atoms with Crippen LogP contribution in [0.2, 0.25) is 0 Å². The molecule has 5 heterocycles. The van der Waals surface area contributed by atoms with Gasteiger partial charge >= 0.3 is 0 Å². The summed E-state index contributed by atoms with van der Waals surface area (Å²) in [7, 11) is 0. The highest BCUT2D eigenvalue weighted by Crippen LogP contribution is 2.41. The van der Waals surface area contributed by atoms with Gasteiger partial charge in [-0.1, -0.05) is 67.2 Å². The number of rotatable bonds is 14. The topological polar surface area (TPSA) is 57.4 Å². The molecule has 48 heavy (non-hydrogen) atoms. The smallest absolute Gasteiger partial charge is 0.0723 e. The van der Waals surface area contributed by atoms with Crippen molar-refractivity contribution in [1.82, 2.24) is 19.9 Å². The number of hydrogen-bond donors (Lipinski definition) is 2. The van der Waals surface area contributed by atoms with E-state index in [-0.39, 0.29) is 0 Å². The van der Waals surface area contributed by atoms with Gasteiger partial charge in [-0.2, -0.15) is 0 Å². The Hall–Kier alpha value is -3.40. The van der Waals surface area contributed by atoms with Gasteiger partial charge in [0.15, 0.2) is 0 Å². The van der Waals surface area contributed by atoms with Crippen LogP contribution >= 0.6 is 0 Å². The quantitative estimate of drug-likeness (QED) is 0.183. The Balaban J connectivity index is 2.03. The minimum atomic E-state index is 0.908. The highest BCUT2D eigenvalue weighted by molar-refractivity contribution is 5.97. The van der Waals surface area contributed by atoms with E-state index < -0.39 is 0 Å². The Morgan fingerprint density at radius 1 is 0.479 bits per heavy atom. The summed E-state index contributed by atoms with van der Waals surface area (Å²) in [6.45, 7) is 23.1. The van der Waals surface area contributed by atoms with Gasteiger partial charge in [0.05, 0.1) is 22.8 Å². The summed E-state index contributed by atoms with van der Waals surface area (Å²) in [5.41, 5.74) is 23.5. The van der Waals surface area contributed by atoms with Crippen molar-refractivity contribution >= 4 is 44.4 Å². The molecule has 2 aliphatic rings. The molecular weight excluding hydrogens is 585 g/mol. The average Bonchev–Trinajstić information content (AvgIpc) is 3.76. The molecular formula is C44H62N4. The van der Waals surface area contributed by atoms with Crippen molar-refractivity contribution in [2.75, 3.05) is 0 Å². The molecule has 0 saturated carbocycles. The molecule has 0 aromatic carbocycles. The van der Waals surface area contributed by atoms with E-state index in [0.717, 1.165) is 61.3 Å². The van der Waals surface area contributed by atoms with Crippen LogP contribution in [0, 0.1) is 13.8 Å². The van der Waals surface area contributed by atoms with E-state index in [1.807, 2.05) is 0 Å². The molecule has 4 heteroatoms. The van der Waals surface area contributed by atoms with Crippen LogP contribution in [0.15, 0.2) is 12.1 Å². The lowest BCUT2D eigenvalue weighted by Crippen LogP contribution is -1.95. The first-order valence-corrected chi connectivity index (χ1v) is 19.4. The van der Waals surface area contributed by atoms with Gasteiger partial charge in [-0.15, -0.1) is 0 Å². The largest absolute Gasteiger partial charge is 0.355 e. The van der Waals surface area contributed by atoms with E-state index in [4.69, 9.17) is 9.97 Å². The zero-order valence-electron chi connectivity index (χ0n) is 31.9. The van der Waals surface area contributed by atoms with Crippen molar-refractivity contribution in [3.63, 3.8) is 0 Å². The van der Waals surface area contributed by atoms with Crippen molar-refractivity contribution in [2.45, 2.75) is 159 Å². The number of aryl methyl sites for hydroxylation is 5. The normalized spacial score (nSPS) is 13.4. The zero-order valence-corrected chi connectivity index (χ0v) is 31.9. The molecule has 0 radical (unpaired) electrons. The van der Waals surface area contributed by atoms with Gasteiger partial charge in [0.1, 0.15) is 0 Å². The lowest BCUT2D eigenvalue weighted by Gasteiger charge is -2.08. The summed E-state index contributed by atoms with van der Waals surface area (Å²) in [5.74, 6) is 0. The van der Waals surface area contributed by atoms with Crippen LogP contribution in [0.3, 0.4) is 0 Å². The average molecular weight is 647 g/mol. The second-order valence-electron chi connectivity index (χ2n) is 14.3. The van der Waals surface area contributed by atoms with Crippen LogP contribution in [0.5, 0.6) is 0 Å². The minimum absolute atomic E-state index is 0.908. The predicted molar refractivity (Wildman–Crippen MR) is 210 cm³/mol. The first-order valence-electron chi connectivity index (χ1n) is 19.4. The van der Waals surface area contributed by atoms with Crippen LogP contribution in [0.25, 0.3) is 44.4 Å². The van der Waals surface area contributed by atoms with E-state index >= 15 is 0 Å². The summed E-state index contributed by atoms with van der Waals surface area (Å²) in [4.78, 5) is 19.1. The molecule has 0 atom stereocenters. The summed E-state index contributed by atoms with van der Waals surface area (Å²) in [6.07, 6.45) is 15.5. The standard InChI is InChI=1S/C44H62N4/c1-11-17-21-33-27(7)41-31(15-5)42-29(9)35(23-19-13-3)39(47-42)26-40-36(24-20-14-4)30(10)44(48-40)32(16-6)43-28(8)34(22-18-12-2)38(46-43)25-37(33)45-41/h25-26,45,47H,11-24H2,1-10H3. The number of hydrogen-bond acceptors (Lipinski definition) is 2. The monoisotopic (exact) mass is 646 g/mol. The number of fused-ring (bicyclic) bond motifs is 8. The van der Waals surface area contributed by atoms with E-state index in [1.54, 1.807) is 0 Å². The molecule has 0 amide bonds. The van der Waals surface area contributed by atoms with E-state index in [1.165, 1.54) is 129 Å². The number of unbranched alkanes of at least 4 members (excludes halogenated alkanes) is 4. The molecule has 0 saturated heterocycles. The number of aromatic amines is 2. The van der Waals surface area contributed by atoms with Crippen LogP contribution in [-0.4, -0.2) is 19.9 Å². The first kappa shape index (κ1) is 35.9. The summed E-state index contributed by atoms with van der Waals surface area (Å²) in [5, 5.41) is 0. The molecule has 8 bridgehead atoms. The molecule has 0 unspecified atom stereocenters. The van der Waals surface area contributed by atoms with Crippen LogP contribution in [-0.2, 0) is 25.7 Å². The molecule has 0 spiro atoms. The number of H-pyrrole nitrogens is 2. The molecule has 3 aromatic heterocycles. The molecule has 0 fully saturated rings. The van der Waals surface area contributed by atoms with Crippen molar-refractivity contribution in [1.29, 1.82) is 0 Å². The molecule has 0 aliphatic carbocycles. The fraction of sp³-hybridized carbons (Fsp3) is 0.545. The van der Waals surface area contributed by atoms with Crippen LogP contribution in [0.4, 0.5) is 0 Å². The van der Waals surface area contributed by atoms with Gasteiger partial charge in [-0.3, -0.25) is 0 Å². The van der Waals surface area contributed by atoms with Crippen molar-refractivity contribution in [3.8, 4) is 0 Å². The highest BCUT2D eigenvalue weighted by atomic mass is 14.8. The van der Waals surface area contributed by atoms with Gasteiger partial charge in [0, 0.05) is 27.6 Å². The molecule has 4 nitrogen and oxygen atoms in total. The minimum Gasteiger partial charge on any atom is -0.355 e. The lowest BCUT2D eigenvalue weighted by atomic mass is 9.94. The Kier molecular flexibility index (Phi) is 11.9. The number of nitrogens with one attached hydrogen (secondary N) is 2.